The molecule has 0 saturated heterocycles. The molecule has 0 unspecified atom stereocenters. The second kappa shape index (κ2) is 4.90. The van der Waals surface area contributed by atoms with Crippen LogP contribution in [0.2, 0.25) is 5.02 Å². The number of nitrogens with zero attached hydrogens (tertiary/aromatic N) is 3. The van der Waals surface area contributed by atoms with Crippen molar-refractivity contribution in [1.29, 1.82) is 0 Å². The van der Waals surface area contributed by atoms with Gasteiger partial charge in [0, 0.05) is 10.6 Å². The van der Waals surface area contributed by atoms with Crippen LogP contribution >= 0.6 is 11.6 Å². The minimum absolute atomic E-state index is 0.278. The third kappa shape index (κ3) is 2.46. The van der Waals surface area contributed by atoms with Gasteiger partial charge in [0.1, 0.15) is 0 Å². The molecule has 4 nitrogen and oxygen atoms in total. The van der Waals surface area contributed by atoms with Crippen LogP contribution in [-0.2, 0) is 0 Å². The van der Waals surface area contributed by atoms with Gasteiger partial charge in [-0.3, -0.25) is 0 Å². The molecule has 0 radical (unpaired) electrons. The van der Waals surface area contributed by atoms with Crippen molar-refractivity contribution in [2.45, 2.75) is 6.92 Å². The molecule has 0 atom stereocenters. The molecular formula is C11H10ClN3O. The van der Waals surface area contributed by atoms with Gasteiger partial charge in [0.15, 0.2) is 0 Å². The van der Waals surface area contributed by atoms with Gasteiger partial charge in [0.2, 0.25) is 0 Å². The van der Waals surface area contributed by atoms with E-state index in [1.165, 1.54) is 0 Å². The molecule has 0 aliphatic carbocycles. The van der Waals surface area contributed by atoms with Crippen molar-refractivity contribution in [3.8, 4) is 17.3 Å². The molecule has 0 saturated carbocycles. The van der Waals surface area contributed by atoms with Gasteiger partial charge in [-0.25, -0.2) is 0 Å². The predicted molar refractivity (Wildman–Crippen MR) is 61.4 cm³/mol. The van der Waals surface area contributed by atoms with Crippen LogP contribution in [0.25, 0.3) is 11.3 Å². The molecule has 2 aromatic rings. The summed E-state index contributed by atoms with van der Waals surface area (Å²) in [5, 5.41) is 8.25. The molecule has 2 rings (SSSR count). The summed E-state index contributed by atoms with van der Waals surface area (Å²) in [4.78, 5) is 4.22. The minimum Gasteiger partial charge on any atom is -0.463 e. The van der Waals surface area contributed by atoms with Crippen LogP contribution in [0.4, 0.5) is 0 Å². The monoisotopic (exact) mass is 235 g/mol. The van der Waals surface area contributed by atoms with Crippen LogP contribution < -0.4 is 4.74 Å². The second-order valence-corrected chi connectivity index (χ2v) is 3.50. The SMILES string of the molecule is CCOc1nncc(-c2cccc(Cl)c2)n1. The van der Waals surface area contributed by atoms with E-state index in [1.807, 2.05) is 31.2 Å². The highest BCUT2D eigenvalue weighted by Crippen LogP contribution is 2.20. The Morgan fingerprint density at radius 1 is 1.38 bits per heavy atom. The van der Waals surface area contributed by atoms with E-state index in [-0.39, 0.29) is 6.01 Å². The van der Waals surface area contributed by atoms with Gasteiger partial charge >= 0.3 is 6.01 Å². The minimum atomic E-state index is 0.278. The zero-order valence-corrected chi connectivity index (χ0v) is 9.48. The Morgan fingerprint density at radius 3 is 3.00 bits per heavy atom. The molecular weight excluding hydrogens is 226 g/mol. The molecule has 0 amide bonds. The molecule has 0 bridgehead atoms. The Bertz CT molecular complexity index is 490. The van der Waals surface area contributed by atoms with E-state index in [2.05, 4.69) is 15.2 Å². The topological polar surface area (TPSA) is 47.9 Å². The first kappa shape index (κ1) is 10.8. The van der Waals surface area contributed by atoms with Gasteiger partial charge in [-0.05, 0) is 19.1 Å². The average Bonchev–Trinajstić information content (AvgIpc) is 2.30. The zero-order valence-electron chi connectivity index (χ0n) is 8.72. The molecule has 5 heteroatoms. The lowest BCUT2D eigenvalue weighted by atomic mass is 10.2. The van der Waals surface area contributed by atoms with E-state index in [0.717, 1.165) is 5.56 Å². The summed E-state index contributed by atoms with van der Waals surface area (Å²) >= 11 is 5.90. The third-order valence-electron chi connectivity index (χ3n) is 1.93. The van der Waals surface area contributed by atoms with Crippen molar-refractivity contribution in [3.05, 3.63) is 35.5 Å². The molecule has 82 valence electrons. The Labute approximate surface area is 98.3 Å². The van der Waals surface area contributed by atoms with Crippen molar-refractivity contribution in [2.75, 3.05) is 6.61 Å². The van der Waals surface area contributed by atoms with Crippen molar-refractivity contribution < 1.29 is 4.74 Å². The highest BCUT2D eigenvalue weighted by molar-refractivity contribution is 6.30. The normalized spacial score (nSPS) is 10.1. The quantitative estimate of drug-likeness (QED) is 0.821. The van der Waals surface area contributed by atoms with Crippen molar-refractivity contribution in [3.63, 3.8) is 0 Å². The van der Waals surface area contributed by atoms with Gasteiger partial charge in [0.25, 0.3) is 0 Å². The van der Waals surface area contributed by atoms with Crippen LogP contribution in [-0.4, -0.2) is 21.8 Å². The van der Waals surface area contributed by atoms with Crippen LogP contribution in [0.5, 0.6) is 6.01 Å². The summed E-state index contributed by atoms with van der Waals surface area (Å²) in [6.07, 6.45) is 1.58. The first-order valence-electron chi connectivity index (χ1n) is 4.88. The van der Waals surface area contributed by atoms with E-state index in [4.69, 9.17) is 16.3 Å². The number of hydrogen-bond acceptors (Lipinski definition) is 4. The lowest BCUT2D eigenvalue weighted by Gasteiger charge is -2.03. The average molecular weight is 236 g/mol. The first-order chi connectivity index (χ1) is 7.79. The largest absolute Gasteiger partial charge is 0.463 e. The highest BCUT2D eigenvalue weighted by atomic mass is 35.5. The van der Waals surface area contributed by atoms with Crippen LogP contribution in [0.15, 0.2) is 30.5 Å². The Morgan fingerprint density at radius 2 is 2.25 bits per heavy atom. The van der Waals surface area contributed by atoms with Crippen molar-refractivity contribution >= 4 is 11.6 Å². The second-order valence-electron chi connectivity index (χ2n) is 3.07. The Balaban J connectivity index is 2.36. The van der Waals surface area contributed by atoms with E-state index in [0.29, 0.717) is 17.3 Å². The van der Waals surface area contributed by atoms with Crippen molar-refractivity contribution in [2.24, 2.45) is 0 Å². The van der Waals surface area contributed by atoms with Crippen LogP contribution in [0, 0.1) is 0 Å². The summed E-state index contributed by atoms with van der Waals surface area (Å²) < 4.78 is 5.18. The number of hydrogen-bond donors (Lipinski definition) is 0. The maximum Gasteiger partial charge on any atom is 0.336 e. The maximum atomic E-state index is 5.90. The summed E-state index contributed by atoms with van der Waals surface area (Å²) in [5.74, 6) is 0. The smallest absolute Gasteiger partial charge is 0.336 e. The molecule has 0 aliphatic rings. The van der Waals surface area contributed by atoms with E-state index in [9.17, 15) is 0 Å². The standard InChI is InChI=1S/C11H10ClN3O/c1-2-16-11-14-10(7-13-15-11)8-4-3-5-9(12)6-8/h3-7H,2H2,1H3. The molecule has 0 N–H and O–H groups in total. The van der Waals surface area contributed by atoms with Gasteiger partial charge < -0.3 is 4.74 Å². The molecule has 0 aliphatic heterocycles. The Hall–Kier alpha value is -1.68. The first-order valence-corrected chi connectivity index (χ1v) is 5.26. The Kier molecular flexibility index (Phi) is 3.31. The predicted octanol–water partition coefficient (Wildman–Crippen LogP) is 2.59. The van der Waals surface area contributed by atoms with Gasteiger partial charge in [-0.15, -0.1) is 0 Å². The lowest BCUT2D eigenvalue weighted by Crippen LogP contribution is -1.99. The maximum absolute atomic E-state index is 5.90. The fraction of sp³-hybridized carbons (Fsp3) is 0.182. The fourth-order valence-corrected chi connectivity index (χ4v) is 1.45. The lowest BCUT2D eigenvalue weighted by molar-refractivity contribution is 0.308. The third-order valence-corrected chi connectivity index (χ3v) is 2.17. The van der Waals surface area contributed by atoms with Gasteiger partial charge in [0.05, 0.1) is 18.5 Å². The van der Waals surface area contributed by atoms with Gasteiger partial charge in [-0.1, -0.05) is 28.8 Å². The molecule has 1 aromatic carbocycles. The van der Waals surface area contributed by atoms with E-state index >= 15 is 0 Å². The summed E-state index contributed by atoms with van der Waals surface area (Å²) in [6, 6.07) is 7.68. The number of rotatable bonds is 3. The molecule has 0 fully saturated rings. The van der Waals surface area contributed by atoms with Crippen molar-refractivity contribution in [1.82, 2.24) is 15.2 Å². The van der Waals surface area contributed by atoms with E-state index < -0.39 is 0 Å². The highest BCUT2D eigenvalue weighted by Gasteiger charge is 2.03. The van der Waals surface area contributed by atoms with Crippen LogP contribution in [0.1, 0.15) is 6.92 Å². The molecule has 0 spiro atoms. The number of ether oxygens (including phenoxy) is 1. The summed E-state index contributed by atoms with van der Waals surface area (Å²) in [7, 11) is 0. The van der Waals surface area contributed by atoms with E-state index in [1.54, 1.807) is 6.20 Å². The summed E-state index contributed by atoms with van der Waals surface area (Å²) in [6.45, 7) is 2.39. The number of halogens is 1. The number of benzene rings is 1. The van der Waals surface area contributed by atoms with Crippen LogP contribution in [0.3, 0.4) is 0 Å². The fourth-order valence-electron chi connectivity index (χ4n) is 1.26. The number of aromatic nitrogens is 3. The molecule has 1 heterocycles. The van der Waals surface area contributed by atoms with Gasteiger partial charge in [-0.2, -0.15) is 10.1 Å². The molecule has 16 heavy (non-hydrogen) atoms. The summed E-state index contributed by atoms with van der Waals surface area (Å²) in [5.41, 5.74) is 1.59. The molecule has 1 aromatic heterocycles. The zero-order chi connectivity index (χ0) is 11.4.